The number of methoxy groups -OCH3 is 1. The Morgan fingerprint density at radius 1 is 1.43 bits per heavy atom. The van der Waals surface area contributed by atoms with Crippen LogP contribution in [0.15, 0.2) is 34.9 Å². The number of amides is 1. The molecule has 0 radical (unpaired) electrons. The van der Waals surface area contributed by atoms with Crippen LogP contribution < -0.4 is 5.32 Å². The van der Waals surface area contributed by atoms with Crippen molar-refractivity contribution >= 4 is 5.91 Å². The van der Waals surface area contributed by atoms with Crippen LogP contribution in [0.3, 0.4) is 0 Å². The van der Waals surface area contributed by atoms with Crippen LogP contribution in [0.25, 0.3) is 0 Å². The second-order valence-corrected chi connectivity index (χ2v) is 4.33. The third-order valence-electron chi connectivity index (χ3n) is 2.87. The molecule has 0 aliphatic heterocycles. The number of aromatic nitrogens is 2. The highest BCUT2D eigenvalue weighted by Gasteiger charge is 2.19. The van der Waals surface area contributed by atoms with Crippen molar-refractivity contribution in [3.63, 3.8) is 0 Å². The first-order valence-corrected chi connectivity index (χ1v) is 6.52. The van der Waals surface area contributed by atoms with E-state index in [1.165, 1.54) is 7.11 Å². The van der Waals surface area contributed by atoms with E-state index in [1.54, 1.807) is 0 Å². The molecule has 0 aliphatic rings. The number of ether oxygens (including phenoxy) is 1. The first kappa shape index (κ1) is 15.1. The van der Waals surface area contributed by atoms with Crippen LogP contribution >= 0.6 is 0 Å². The van der Waals surface area contributed by atoms with Crippen molar-refractivity contribution in [2.75, 3.05) is 13.7 Å². The number of rotatable bonds is 7. The molecule has 1 amide bonds. The first-order valence-electron chi connectivity index (χ1n) is 6.52. The van der Waals surface area contributed by atoms with Crippen molar-refractivity contribution < 1.29 is 19.2 Å². The molecule has 0 bridgehead atoms. The number of nitrogens with zero attached hydrogens (tertiary/aromatic N) is 2. The molecule has 1 unspecified atom stereocenters. The Balaban J connectivity index is 1.85. The molecule has 21 heavy (non-hydrogen) atoms. The zero-order valence-electron chi connectivity index (χ0n) is 11.7. The maximum absolute atomic E-state index is 12.1. The molecule has 0 saturated heterocycles. The van der Waals surface area contributed by atoms with Crippen LogP contribution in [-0.4, -0.2) is 34.8 Å². The van der Waals surface area contributed by atoms with Gasteiger partial charge >= 0.3 is 0 Å². The van der Waals surface area contributed by atoms with Gasteiger partial charge in [0, 0.05) is 20.1 Å². The summed E-state index contributed by atoms with van der Waals surface area (Å²) in [4.78, 5) is 16.0. The van der Waals surface area contributed by atoms with Gasteiger partial charge in [-0.05, 0) is 5.56 Å². The van der Waals surface area contributed by atoms with Crippen molar-refractivity contribution in [3.8, 4) is 0 Å². The summed E-state index contributed by atoms with van der Waals surface area (Å²) in [7, 11) is 1.49. The fraction of sp³-hybridized carbons (Fsp3) is 0.357. The molecule has 7 heteroatoms. The second kappa shape index (κ2) is 7.51. The Bertz CT molecular complexity index is 571. The lowest BCUT2D eigenvalue weighted by Gasteiger charge is -2.15. The second-order valence-electron chi connectivity index (χ2n) is 4.33. The van der Waals surface area contributed by atoms with Crippen LogP contribution in [0.5, 0.6) is 0 Å². The number of carbonyl (C=O) groups excluding carboxylic acids is 1. The number of aliphatic hydroxyl groups excluding tert-OH is 1. The summed E-state index contributed by atoms with van der Waals surface area (Å²) in [6.45, 7) is 0.0645. The van der Waals surface area contributed by atoms with E-state index in [4.69, 9.17) is 14.4 Å². The lowest BCUT2D eigenvalue weighted by atomic mass is 10.1. The van der Waals surface area contributed by atoms with Gasteiger partial charge in [0.15, 0.2) is 11.9 Å². The Morgan fingerprint density at radius 3 is 2.81 bits per heavy atom. The number of nitrogens with one attached hydrogen (secondary N) is 1. The average Bonchev–Trinajstić information content (AvgIpc) is 2.97. The standard InChI is InChI=1S/C14H17N3O4/c1-20-13(10-5-3-2-4-6-10)14(19)15-8-7-11-16-12(9-18)21-17-11/h2-6,13,18H,7-9H2,1H3,(H,15,19). The number of benzene rings is 1. The summed E-state index contributed by atoms with van der Waals surface area (Å²) in [5.41, 5.74) is 0.791. The summed E-state index contributed by atoms with van der Waals surface area (Å²) < 4.78 is 9.99. The van der Waals surface area contributed by atoms with Gasteiger partial charge in [-0.1, -0.05) is 35.5 Å². The highest BCUT2D eigenvalue weighted by atomic mass is 16.5. The van der Waals surface area contributed by atoms with Gasteiger partial charge in [-0.3, -0.25) is 4.79 Å². The van der Waals surface area contributed by atoms with Gasteiger partial charge in [0.1, 0.15) is 6.61 Å². The summed E-state index contributed by atoms with van der Waals surface area (Å²) in [6, 6.07) is 9.25. The Kier molecular flexibility index (Phi) is 5.42. The molecule has 7 nitrogen and oxygen atoms in total. The van der Waals surface area contributed by atoms with Crippen molar-refractivity contribution in [1.29, 1.82) is 0 Å². The maximum atomic E-state index is 12.1. The molecule has 1 atom stereocenters. The summed E-state index contributed by atoms with van der Waals surface area (Å²) in [5.74, 6) is 0.373. The minimum absolute atomic E-state index is 0.162. The van der Waals surface area contributed by atoms with Gasteiger partial charge in [-0.15, -0.1) is 0 Å². The average molecular weight is 291 g/mol. The molecule has 1 heterocycles. The van der Waals surface area contributed by atoms with E-state index in [1.807, 2.05) is 30.3 Å². The third kappa shape index (κ3) is 4.11. The molecular formula is C14H17N3O4. The van der Waals surface area contributed by atoms with Gasteiger partial charge < -0.3 is 19.7 Å². The number of carbonyl (C=O) groups is 1. The normalized spacial score (nSPS) is 12.1. The smallest absolute Gasteiger partial charge is 0.253 e. The van der Waals surface area contributed by atoms with Crippen LogP contribution in [0.4, 0.5) is 0 Å². The topological polar surface area (TPSA) is 97.5 Å². The molecule has 2 aromatic rings. The van der Waals surface area contributed by atoms with E-state index in [2.05, 4.69) is 15.5 Å². The fourth-order valence-corrected chi connectivity index (χ4v) is 1.87. The molecule has 2 rings (SSSR count). The lowest BCUT2D eigenvalue weighted by Crippen LogP contribution is -2.32. The predicted octanol–water partition coefficient (Wildman–Crippen LogP) is 0.608. The van der Waals surface area contributed by atoms with Crippen molar-refractivity contribution in [2.45, 2.75) is 19.1 Å². The molecule has 0 saturated carbocycles. The van der Waals surface area contributed by atoms with Crippen LogP contribution in [0, 0.1) is 0 Å². The van der Waals surface area contributed by atoms with Gasteiger partial charge in [0.25, 0.3) is 11.8 Å². The molecule has 1 aromatic carbocycles. The van der Waals surface area contributed by atoms with Gasteiger partial charge in [-0.25, -0.2) is 0 Å². The SMILES string of the molecule is COC(C(=O)NCCc1noc(CO)n1)c1ccccc1. The summed E-state index contributed by atoms with van der Waals surface area (Å²) in [6.07, 6.45) is -0.232. The summed E-state index contributed by atoms with van der Waals surface area (Å²) in [5, 5.41) is 15.3. The van der Waals surface area contributed by atoms with E-state index >= 15 is 0 Å². The van der Waals surface area contributed by atoms with E-state index < -0.39 is 6.10 Å². The number of hydrogen-bond acceptors (Lipinski definition) is 6. The Hall–Kier alpha value is -2.25. The molecule has 0 spiro atoms. The van der Waals surface area contributed by atoms with Crippen molar-refractivity contribution in [3.05, 3.63) is 47.6 Å². The summed E-state index contributed by atoms with van der Waals surface area (Å²) >= 11 is 0. The maximum Gasteiger partial charge on any atom is 0.253 e. The molecule has 2 N–H and O–H groups in total. The Morgan fingerprint density at radius 2 is 2.19 bits per heavy atom. The third-order valence-corrected chi connectivity index (χ3v) is 2.87. The van der Waals surface area contributed by atoms with Gasteiger partial charge in [0.2, 0.25) is 0 Å². The molecular weight excluding hydrogens is 274 g/mol. The van der Waals surface area contributed by atoms with E-state index in [9.17, 15) is 4.79 Å². The largest absolute Gasteiger partial charge is 0.387 e. The van der Waals surface area contributed by atoms with E-state index in [0.29, 0.717) is 18.8 Å². The van der Waals surface area contributed by atoms with Crippen molar-refractivity contribution in [1.82, 2.24) is 15.5 Å². The highest BCUT2D eigenvalue weighted by Crippen LogP contribution is 2.15. The predicted molar refractivity (Wildman–Crippen MR) is 73.1 cm³/mol. The van der Waals surface area contributed by atoms with Crippen molar-refractivity contribution in [2.24, 2.45) is 0 Å². The molecule has 1 aromatic heterocycles. The fourth-order valence-electron chi connectivity index (χ4n) is 1.87. The van der Waals surface area contributed by atoms with E-state index in [-0.39, 0.29) is 18.4 Å². The van der Waals surface area contributed by atoms with Gasteiger partial charge in [-0.2, -0.15) is 4.98 Å². The lowest BCUT2D eigenvalue weighted by molar-refractivity contribution is -0.131. The van der Waals surface area contributed by atoms with Crippen LogP contribution in [0.1, 0.15) is 23.4 Å². The quantitative estimate of drug-likeness (QED) is 0.775. The number of hydrogen-bond donors (Lipinski definition) is 2. The first-order chi connectivity index (χ1) is 10.2. The van der Waals surface area contributed by atoms with Crippen LogP contribution in [-0.2, 0) is 22.6 Å². The molecule has 0 aliphatic carbocycles. The highest BCUT2D eigenvalue weighted by molar-refractivity contribution is 5.82. The zero-order valence-corrected chi connectivity index (χ0v) is 11.7. The minimum Gasteiger partial charge on any atom is -0.387 e. The minimum atomic E-state index is -0.649. The monoisotopic (exact) mass is 291 g/mol. The number of aliphatic hydroxyl groups is 1. The molecule has 112 valence electrons. The van der Waals surface area contributed by atoms with Gasteiger partial charge in [0.05, 0.1) is 0 Å². The molecule has 0 fully saturated rings. The zero-order chi connectivity index (χ0) is 15.1. The van der Waals surface area contributed by atoms with Crippen LogP contribution in [0.2, 0.25) is 0 Å². The van der Waals surface area contributed by atoms with E-state index in [0.717, 1.165) is 5.56 Å². The Labute approximate surface area is 121 Å².